The van der Waals surface area contributed by atoms with Gasteiger partial charge >= 0.3 is 0 Å². The van der Waals surface area contributed by atoms with Gasteiger partial charge in [0.25, 0.3) is 5.91 Å². The van der Waals surface area contributed by atoms with E-state index in [0.29, 0.717) is 11.3 Å². The zero-order valence-corrected chi connectivity index (χ0v) is 22.4. The van der Waals surface area contributed by atoms with Crippen molar-refractivity contribution in [3.8, 4) is 5.75 Å². The van der Waals surface area contributed by atoms with Crippen LogP contribution in [0.1, 0.15) is 35.3 Å². The zero-order chi connectivity index (χ0) is 27.0. The van der Waals surface area contributed by atoms with Crippen LogP contribution in [0.25, 0.3) is 0 Å². The highest BCUT2D eigenvalue weighted by Crippen LogP contribution is 2.26. The Bertz CT molecular complexity index is 1330. The summed E-state index contributed by atoms with van der Waals surface area (Å²) in [5, 5.41) is 5.56. The van der Waals surface area contributed by atoms with Gasteiger partial charge in [-0.1, -0.05) is 54.1 Å². The van der Waals surface area contributed by atoms with Gasteiger partial charge in [0.1, 0.15) is 11.8 Å². The van der Waals surface area contributed by atoms with Crippen molar-refractivity contribution >= 4 is 33.4 Å². The maximum absolute atomic E-state index is 12.8. The molecule has 3 aromatic rings. The molecular formula is C27H30ClN3O5S. The van der Waals surface area contributed by atoms with Crippen molar-refractivity contribution in [2.75, 3.05) is 7.05 Å². The van der Waals surface area contributed by atoms with Gasteiger partial charge in [-0.2, -0.15) is 0 Å². The maximum Gasteiger partial charge on any atom is 0.251 e. The molecule has 0 saturated heterocycles. The molecule has 0 aliphatic rings. The van der Waals surface area contributed by atoms with E-state index in [1.54, 1.807) is 24.3 Å². The molecule has 0 radical (unpaired) electrons. The van der Waals surface area contributed by atoms with Crippen LogP contribution in [0.2, 0.25) is 5.02 Å². The summed E-state index contributed by atoms with van der Waals surface area (Å²) in [7, 11) is -2.24. The molecule has 3 aromatic carbocycles. The molecule has 2 amide bonds. The number of ether oxygens (including phenoxy) is 1. The van der Waals surface area contributed by atoms with Gasteiger partial charge < -0.3 is 15.4 Å². The smallest absolute Gasteiger partial charge is 0.251 e. The number of hydrogen-bond acceptors (Lipinski definition) is 5. The fourth-order valence-electron chi connectivity index (χ4n) is 3.51. The van der Waals surface area contributed by atoms with E-state index in [-0.39, 0.29) is 40.5 Å². The molecule has 0 saturated carbocycles. The third-order valence-electron chi connectivity index (χ3n) is 5.41. The number of halogens is 1. The number of benzene rings is 3. The van der Waals surface area contributed by atoms with Crippen LogP contribution in [0.3, 0.4) is 0 Å². The molecule has 0 aromatic heterocycles. The van der Waals surface area contributed by atoms with Crippen molar-refractivity contribution in [3.63, 3.8) is 0 Å². The summed E-state index contributed by atoms with van der Waals surface area (Å²) in [5.74, 6) is -0.402. The van der Waals surface area contributed by atoms with Gasteiger partial charge in [0, 0.05) is 25.6 Å². The van der Waals surface area contributed by atoms with Gasteiger partial charge in [0.15, 0.2) is 0 Å². The Kier molecular flexibility index (Phi) is 9.68. The molecule has 0 bridgehead atoms. The van der Waals surface area contributed by atoms with E-state index in [2.05, 4.69) is 15.4 Å². The number of carbonyl (C=O) groups is 2. The fraction of sp³-hybridized carbons (Fsp3) is 0.259. The standard InChI is InChI=1S/C27H30ClN3O5S/c1-18(2)36-25-14-11-21(16-23(25)28)26(32)31-24(27(33)29-3)15-19-9-12-22(13-10-19)37(34,35)30-17-20-7-5-4-6-8-20/h4-14,16,18,24,30H,15,17H2,1-3H3,(H,29,33)(H,31,32). The van der Waals surface area contributed by atoms with E-state index in [1.165, 1.54) is 25.2 Å². The molecule has 1 atom stereocenters. The third kappa shape index (κ3) is 8.04. The SMILES string of the molecule is CNC(=O)C(Cc1ccc(S(=O)(=O)NCc2ccccc2)cc1)NC(=O)c1ccc(OC(C)C)c(Cl)c1. The summed E-state index contributed by atoms with van der Waals surface area (Å²) in [6.45, 7) is 3.91. The first-order valence-corrected chi connectivity index (χ1v) is 13.6. The van der Waals surface area contributed by atoms with Crippen LogP contribution >= 0.6 is 11.6 Å². The lowest BCUT2D eigenvalue weighted by atomic mass is 10.0. The van der Waals surface area contributed by atoms with Crippen molar-refractivity contribution in [2.45, 2.75) is 43.9 Å². The van der Waals surface area contributed by atoms with Crippen molar-refractivity contribution < 1.29 is 22.7 Å². The lowest BCUT2D eigenvalue weighted by Crippen LogP contribution is -2.47. The first-order valence-electron chi connectivity index (χ1n) is 11.7. The number of rotatable bonds is 11. The summed E-state index contributed by atoms with van der Waals surface area (Å²) >= 11 is 6.24. The van der Waals surface area contributed by atoms with Crippen LogP contribution in [0.15, 0.2) is 77.7 Å². The molecule has 0 heterocycles. The van der Waals surface area contributed by atoms with E-state index >= 15 is 0 Å². The average molecular weight is 544 g/mol. The average Bonchev–Trinajstić information content (AvgIpc) is 2.88. The maximum atomic E-state index is 12.8. The fourth-order valence-corrected chi connectivity index (χ4v) is 4.76. The number of amides is 2. The molecule has 8 nitrogen and oxygen atoms in total. The highest BCUT2D eigenvalue weighted by atomic mass is 35.5. The Hall–Kier alpha value is -3.40. The number of hydrogen-bond donors (Lipinski definition) is 3. The van der Waals surface area contributed by atoms with Gasteiger partial charge in [-0.3, -0.25) is 9.59 Å². The van der Waals surface area contributed by atoms with Crippen molar-refractivity contribution in [2.24, 2.45) is 0 Å². The quantitative estimate of drug-likeness (QED) is 0.341. The van der Waals surface area contributed by atoms with E-state index in [1.807, 2.05) is 44.2 Å². The molecule has 0 aliphatic carbocycles. The Labute approximate surface area is 222 Å². The summed E-state index contributed by atoms with van der Waals surface area (Å²) in [6.07, 6.45) is 0.0849. The first-order chi connectivity index (χ1) is 17.6. The molecule has 10 heteroatoms. The third-order valence-corrected chi connectivity index (χ3v) is 7.12. The van der Waals surface area contributed by atoms with Gasteiger partial charge in [0.05, 0.1) is 16.0 Å². The molecule has 3 rings (SSSR count). The lowest BCUT2D eigenvalue weighted by molar-refractivity contribution is -0.122. The molecule has 196 valence electrons. The predicted molar refractivity (Wildman–Crippen MR) is 143 cm³/mol. The Morgan fingerprint density at radius 2 is 1.62 bits per heavy atom. The molecule has 0 aliphatic heterocycles. The largest absolute Gasteiger partial charge is 0.489 e. The van der Waals surface area contributed by atoms with E-state index in [0.717, 1.165) is 5.56 Å². The molecule has 0 spiro atoms. The van der Waals surface area contributed by atoms with Crippen LogP contribution < -0.4 is 20.1 Å². The summed E-state index contributed by atoms with van der Waals surface area (Å²) in [4.78, 5) is 25.4. The normalized spacial score (nSPS) is 12.1. The summed E-state index contributed by atoms with van der Waals surface area (Å²) in [6, 6.07) is 19.2. The first kappa shape index (κ1) is 28.2. The van der Waals surface area contributed by atoms with Gasteiger partial charge in [0.2, 0.25) is 15.9 Å². The number of sulfonamides is 1. The second kappa shape index (κ2) is 12.7. The van der Waals surface area contributed by atoms with Gasteiger partial charge in [-0.05, 0) is 55.3 Å². The van der Waals surface area contributed by atoms with E-state index in [9.17, 15) is 18.0 Å². The summed E-state index contributed by atoms with van der Waals surface area (Å²) < 4.78 is 33.5. The molecule has 1 unspecified atom stereocenters. The Balaban J connectivity index is 1.68. The second-order valence-electron chi connectivity index (χ2n) is 8.61. The zero-order valence-electron chi connectivity index (χ0n) is 20.8. The second-order valence-corrected chi connectivity index (χ2v) is 10.8. The number of carbonyl (C=O) groups excluding carboxylic acids is 2. The highest BCUT2D eigenvalue weighted by molar-refractivity contribution is 7.89. The summed E-state index contributed by atoms with van der Waals surface area (Å²) in [5.41, 5.74) is 1.80. The van der Waals surface area contributed by atoms with Crippen LogP contribution in [0.5, 0.6) is 5.75 Å². The molecular weight excluding hydrogens is 514 g/mol. The monoisotopic (exact) mass is 543 g/mol. The topological polar surface area (TPSA) is 114 Å². The van der Waals surface area contributed by atoms with Crippen molar-refractivity contribution in [1.29, 1.82) is 0 Å². The van der Waals surface area contributed by atoms with Crippen LogP contribution in [0, 0.1) is 0 Å². The van der Waals surface area contributed by atoms with Crippen molar-refractivity contribution in [3.05, 3.63) is 94.5 Å². The molecule has 37 heavy (non-hydrogen) atoms. The molecule has 3 N–H and O–H groups in total. The van der Waals surface area contributed by atoms with E-state index in [4.69, 9.17) is 16.3 Å². The minimum absolute atomic E-state index is 0.0733. The number of likely N-dealkylation sites (N-methyl/N-ethyl adjacent to an activating group) is 1. The predicted octanol–water partition coefficient (Wildman–Crippen LogP) is 3.69. The Morgan fingerprint density at radius 1 is 0.946 bits per heavy atom. The molecule has 0 fully saturated rings. The minimum Gasteiger partial charge on any atom is -0.489 e. The van der Waals surface area contributed by atoms with Crippen LogP contribution in [-0.4, -0.2) is 39.4 Å². The van der Waals surface area contributed by atoms with Gasteiger partial charge in [-0.25, -0.2) is 13.1 Å². The number of nitrogens with one attached hydrogen (secondary N) is 3. The van der Waals surface area contributed by atoms with Crippen molar-refractivity contribution in [1.82, 2.24) is 15.4 Å². The van der Waals surface area contributed by atoms with Crippen LogP contribution in [-0.2, 0) is 27.8 Å². The Morgan fingerprint density at radius 3 is 2.22 bits per heavy atom. The highest BCUT2D eigenvalue weighted by Gasteiger charge is 2.22. The minimum atomic E-state index is -3.72. The van der Waals surface area contributed by atoms with Gasteiger partial charge in [-0.15, -0.1) is 0 Å². The van der Waals surface area contributed by atoms with Crippen LogP contribution in [0.4, 0.5) is 0 Å². The van der Waals surface area contributed by atoms with E-state index < -0.39 is 22.0 Å². The lowest BCUT2D eigenvalue weighted by Gasteiger charge is -2.18.